The summed E-state index contributed by atoms with van der Waals surface area (Å²) in [7, 11) is 0. The smallest absolute Gasteiger partial charge is 0.0683 e. The summed E-state index contributed by atoms with van der Waals surface area (Å²) < 4.78 is 0. The van der Waals surface area contributed by atoms with E-state index in [2.05, 4.69) is 56.6 Å². The van der Waals surface area contributed by atoms with Gasteiger partial charge >= 0.3 is 0 Å². The number of hydrogen-bond donors (Lipinski definition) is 1. The van der Waals surface area contributed by atoms with Gasteiger partial charge in [0.05, 0.1) is 5.69 Å². The van der Waals surface area contributed by atoms with Crippen molar-refractivity contribution in [2.75, 3.05) is 0 Å². The van der Waals surface area contributed by atoms with Gasteiger partial charge in [0, 0.05) is 11.1 Å². The number of nitrogens with one attached hydrogen (secondary N) is 1. The van der Waals surface area contributed by atoms with Gasteiger partial charge in [0.2, 0.25) is 0 Å². The maximum Gasteiger partial charge on any atom is 0.0683 e. The Morgan fingerprint density at radius 3 is 2.25 bits per heavy atom. The summed E-state index contributed by atoms with van der Waals surface area (Å²) in [5, 5.41) is 7.30. The molecule has 0 saturated carbocycles. The first-order valence-corrected chi connectivity index (χ1v) is 7.50. The molecule has 1 aromatic rings. The monoisotopic (exact) mass is 274 g/mol. The van der Waals surface area contributed by atoms with Gasteiger partial charge in [-0.3, -0.25) is 5.10 Å². The van der Waals surface area contributed by atoms with Crippen LogP contribution in [0.25, 0.3) is 0 Å². The molecular formula is C18H30N2. The minimum Gasteiger partial charge on any atom is -0.283 e. The van der Waals surface area contributed by atoms with Crippen LogP contribution in [0.5, 0.6) is 0 Å². The topological polar surface area (TPSA) is 28.7 Å². The number of aromatic nitrogens is 2. The van der Waals surface area contributed by atoms with Crippen molar-refractivity contribution < 1.29 is 0 Å². The van der Waals surface area contributed by atoms with E-state index in [0.29, 0.717) is 0 Å². The first-order valence-electron chi connectivity index (χ1n) is 7.50. The number of aromatic amines is 1. The number of aryl methyl sites for hydroxylation is 1. The molecule has 0 spiro atoms. The lowest BCUT2D eigenvalue weighted by Gasteiger charge is -2.23. The molecule has 0 radical (unpaired) electrons. The van der Waals surface area contributed by atoms with Gasteiger partial charge in [-0.05, 0) is 32.3 Å². The molecule has 0 atom stereocenters. The Morgan fingerprint density at radius 2 is 1.85 bits per heavy atom. The highest BCUT2D eigenvalue weighted by atomic mass is 15.1. The molecule has 0 fully saturated rings. The van der Waals surface area contributed by atoms with Crippen LogP contribution >= 0.6 is 0 Å². The fourth-order valence-corrected chi connectivity index (χ4v) is 1.70. The Labute approximate surface area is 124 Å². The maximum absolute atomic E-state index is 4.30. The Bertz CT molecular complexity index is 420. The summed E-state index contributed by atoms with van der Waals surface area (Å²) in [6, 6.07) is 2.15. The standard InChI is InChI=1S/C10H18N2.C8H12/c1-5-10(4,6-2)9-7-8(3)11-12-9;1-3-5-7-8-6-4-2/h7H,5-6H2,1-4H3,(H,11,12);3,5-8H,1,4H2,2H3/b;7-5-,8-6-. The summed E-state index contributed by atoms with van der Waals surface area (Å²) in [5.41, 5.74) is 2.60. The van der Waals surface area contributed by atoms with E-state index in [1.54, 1.807) is 6.08 Å². The van der Waals surface area contributed by atoms with E-state index in [-0.39, 0.29) is 5.41 Å². The van der Waals surface area contributed by atoms with Crippen molar-refractivity contribution in [1.82, 2.24) is 10.2 Å². The minimum atomic E-state index is 0.255. The lowest BCUT2D eigenvalue weighted by Crippen LogP contribution is -2.19. The van der Waals surface area contributed by atoms with Gasteiger partial charge in [-0.15, -0.1) is 0 Å². The van der Waals surface area contributed by atoms with Crippen LogP contribution in [0.4, 0.5) is 0 Å². The summed E-state index contributed by atoms with van der Waals surface area (Å²) in [5.74, 6) is 0. The van der Waals surface area contributed by atoms with Crippen LogP contribution in [0.15, 0.2) is 43.0 Å². The van der Waals surface area contributed by atoms with Crippen LogP contribution in [0.3, 0.4) is 0 Å². The number of nitrogens with zero attached hydrogens (tertiary/aromatic N) is 1. The highest BCUT2D eigenvalue weighted by Crippen LogP contribution is 2.29. The predicted molar refractivity (Wildman–Crippen MR) is 90.0 cm³/mol. The molecule has 0 amide bonds. The number of hydrogen-bond acceptors (Lipinski definition) is 1. The van der Waals surface area contributed by atoms with Crippen molar-refractivity contribution in [1.29, 1.82) is 0 Å². The third-order valence-electron chi connectivity index (χ3n) is 3.62. The van der Waals surface area contributed by atoms with Crippen molar-refractivity contribution in [3.63, 3.8) is 0 Å². The maximum atomic E-state index is 4.30. The largest absolute Gasteiger partial charge is 0.283 e. The molecule has 1 aromatic heterocycles. The lowest BCUT2D eigenvalue weighted by atomic mass is 9.81. The fourth-order valence-electron chi connectivity index (χ4n) is 1.70. The highest BCUT2D eigenvalue weighted by Gasteiger charge is 2.24. The van der Waals surface area contributed by atoms with Crippen molar-refractivity contribution in [3.8, 4) is 0 Å². The molecule has 1 rings (SSSR count). The third-order valence-corrected chi connectivity index (χ3v) is 3.62. The molecule has 0 bridgehead atoms. The average Bonchev–Trinajstić information content (AvgIpc) is 2.91. The van der Waals surface area contributed by atoms with Gasteiger partial charge < -0.3 is 0 Å². The SMILES string of the molecule is C=C/C=C\C=C/CC.CCC(C)(CC)c1cc(C)[nH]n1. The van der Waals surface area contributed by atoms with Gasteiger partial charge in [-0.2, -0.15) is 5.10 Å². The molecule has 2 nitrogen and oxygen atoms in total. The zero-order valence-corrected chi connectivity index (χ0v) is 13.7. The summed E-state index contributed by atoms with van der Waals surface area (Å²) >= 11 is 0. The molecule has 0 unspecified atom stereocenters. The molecule has 1 heterocycles. The van der Waals surface area contributed by atoms with E-state index in [1.165, 1.54) is 5.69 Å². The Hall–Kier alpha value is -1.57. The molecule has 0 aromatic carbocycles. The van der Waals surface area contributed by atoms with Crippen LogP contribution in [-0.4, -0.2) is 10.2 Å². The van der Waals surface area contributed by atoms with Crippen molar-refractivity contribution in [3.05, 3.63) is 54.4 Å². The first kappa shape index (κ1) is 18.4. The average molecular weight is 274 g/mol. The summed E-state index contributed by atoms with van der Waals surface area (Å²) in [4.78, 5) is 0. The lowest BCUT2D eigenvalue weighted by molar-refractivity contribution is 0.425. The summed E-state index contributed by atoms with van der Waals surface area (Å²) in [6.45, 7) is 14.4. The van der Waals surface area contributed by atoms with Gasteiger partial charge in [0.1, 0.15) is 0 Å². The van der Waals surface area contributed by atoms with E-state index >= 15 is 0 Å². The predicted octanol–water partition coefficient (Wildman–Crippen LogP) is 5.49. The highest BCUT2D eigenvalue weighted by molar-refractivity contribution is 5.17. The fraction of sp³-hybridized carbons (Fsp3) is 0.500. The number of allylic oxidation sites excluding steroid dienone is 5. The third kappa shape index (κ3) is 6.55. The molecule has 2 heteroatoms. The van der Waals surface area contributed by atoms with Crippen molar-refractivity contribution in [2.24, 2.45) is 0 Å². The van der Waals surface area contributed by atoms with E-state index in [0.717, 1.165) is 25.0 Å². The van der Waals surface area contributed by atoms with E-state index in [4.69, 9.17) is 0 Å². The normalized spacial score (nSPS) is 11.7. The Kier molecular flexibility index (Phi) is 9.44. The molecule has 1 N–H and O–H groups in total. The van der Waals surface area contributed by atoms with Gasteiger partial charge in [0.15, 0.2) is 0 Å². The van der Waals surface area contributed by atoms with Gasteiger partial charge in [-0.25, -0.2) is 0 Å². The van der Waals surface area contributed by atoms with Gasteiger partial charge in [0.25, 0.3) is 0 Å². The second-order valence-corrected chi connectivity index (χ2v) is 5.16. The molecule has 20 heavy (non-hydrogen) atoms. The minimum absolute atomic E-state index is 0.255. The van der Waals surface area contributed by atoms with Crippen LogP contribution in [-0.2, 0) is 5.41 Å². The second-order valence-electron chi connectivity index (χ2n) is 5.16. The van der Waals surface area contributed by atoms with Crippen LogP contribution in [0, 0.1) is 6.92 Å². The van der Waals surface area contributed by atoms with Crippen LogP contribution in [0.1, 0.15) is 58.3 Å². The zero-order chi connectivity index (χ0) is 15.4. The molecular weight excluding hydrogens is 244 g/mol. The van der Waals surface area contributed by atoms with E-state index in [1.807, 2.05) is 25.2 Å². The van der Waals surface area contributed by atoms with Crippen molar-refractivity contribution in [2.45, 2.75) is 59.3 Å². The Balaban J connectivity index is 0.000000396. The Morgan fingerprint density at radius 1 is 1.20 bits per heavy atom. The number of H-pyrrole nitrogens is 1. The van der Waals surface area contributed by atoms with Crippen LogP contribution < -0.4 is 0 Å². The second kappa shape index (κ2) is 10.2. The molecule has 112 valence electrons. The molecule has 0 aliphatic rings. The van der Waals surface area contributed by atoms with E-state index < -0.39 is 0 Å². The van der Waals surface area contributed by atoms with Crippen molar-refractivity contribution >= 4 is 0 Å². The zero-order valence-electron chi connectivity index (χ0n) is 13.7. The molecule has 0 aliphatic heterocycles. The van der Waals surface area contributed by atoms with E-state index in [9.17, 15) is 0 Å². The number of rotatable bonds is 6. The summed E-state index contributed by atoms with van der Waals surface area (Å²) in [6.07, 6.45) is 13.1. The molecule has 0 saturated heterocycles. The molecule has 0 aliphatic carbocycles. The quantitative estimate of drug-likeness (QED) is 0.683. The van der Waals surface area contributed by atoms with Crippen LogP contribution in [0.2, 0.25) is 0 Å². The first-order chi connectivity index (χ1) is 9.53. The van der Waals surface area contributed by atoms with Gasteiger partial charge in [-0.1, -0.05) is 64.7 Å².